The average molecular weight is 517 g/mol. The van der Waals surface area contributed by atoms with Crippen LogP contribution < -0.4 is 0 Å². The van der Waals surface area contributed by atoms with E-state index in [9.17, 15) is 14.7 Å². The topological polar surface area (TPSA) is 87.4 Å². The second-order valence-corrected chi connectivity index (χ2v) is 11.1. The van der Waals surface area contributed by atoms with Crippen molar-refractivity contribution in [2.75, 3.05) is 39.4 Å². The van der Waals surface area contributed by atoms with Crippen molar-refractivity contribution < 1.29 is 19.4 Å². The molecule has 38 heavy (non-hydrogen) atoms. The summed E-state index contributed by atoms with van der Waals surface area (Å²) in [6.45, 7) is 12.6. The number of amides is 1. The summed E-state index contributed by atoms with van der Waals surface area (Å²) >= 11 is 0. The van der Waals surface area contributed by atoms with Crippen LogP contribution in [0.15, 0.2) is 54.2 Å². The van der Waals surface area contributed by atoms with Crippen molar-refractivity contribution in [2.24, 2.45) is 0 Å². The zero-order valence-electron chi connectivity index (χ0n) is 22.6. The molecule has 1 aromatic carbocycles. The number of hydrogen-bond donors (Lipinski definition) is 1. The number of rotatable bonds is 6. The van der Waals surface area contributed by atoms with Gasteiger partial charge in [-0.2, -0.15) is 0 Å². The van der Waals surface area contributed by atoms with Gasteiger partial charge in [0.1, 0.15) is 11.3 Å². The van der Waals surface area contributed by atoms with Crippen LogP contribution in [0, 0.1) is 6.92 Å². The molecule has 200 valence electrons. The second kappa shape index (κ2) is 10.3. The Morgan fingerprint density at radius 3 is 2.45 bits per heavy atom. The molecule has 3 aromatic rings. The third kappa shape index (κ3) is 4.86. The number of fused-ring (bicyclic) bond motifs is 1. The van der Waals surface area contributed by atoms with Crippen molar-refractivity contribution >= 4 is 23.1 Å². The lowest BCUT2D eigenvalue weighted by atomic mass is 9.85. The van der Waals surface area contributed by atoms with Gasteiger partial charge in [0.2, 0.25) is 0 Å². The first kappa shape index (κ1) is 26.1. The number of pyridine rings is 1. The third-order valence-corrected chi connectivity index (χ3v) is 7.54. The Labute approximate surface area is 223 Å². The Kier molecular flexibility index (Phi) is 7.11. The van der Waals surface area contributed by atoms with Crippen LogP contribution in [0.2, 0.25) is 0 Å². The minimum Gasteiger partial charge on any atom is -0.505 e. The van der Waals surface area contributed by atoms with Crippen molar-refractivity contribution in [1.29, 1.82) is 0 Å². The summed E-state index contributed by atoms with van der Waals surface area (Å²) in [5, 5.41) is 11.6. The molecule has 2 aromatic heterocycles. The Morgan fingerprint density at radius 2 is 1.76 bits per heavy atom. The van der Waals surface area contributed by atoms with E-state index in [0.717, 1.165) is 37.2 Å². The molecular formula is C30H36N4O4. The van der Waals surface area contributed by atoms with E-state index in [2.05, 4.69) is 30.7 Å². The van der Waals surface area contributed by atoms with Gasteiger partial charge in [-0.05, 0) is 42.0 Å². The molecule has 8 heteroatoms. The van der Waals surface area contributed by atoms with Crippen LogP contribution in [0.1, 0.15) is 55.7 Å². The number of carbonyl (C=O) groups is 2. The highest BCUT2D eigenvalue weighted by atomic mass is 16.5. The van der Waals surface area contributed by atoms with Gasteiger partial charge >= 0.3 is 0 Å². The minimum atomic E-state index is -0.678. The number of morpholine rings is 1. The standard InChI is InChI=1S/C30H36N4O4/c1-20-25(33-14-6-5-8-23(33)31-20)27(35)24-26(21-9-11-22(12-10-21)30(2,3)4)34(29(37)28(24)36)15-7-13-32-16-18-38-19-17-32/h5-6,8-12,14,26,35H,7,13,15-19H2,1-4H3/t26-/m0/s1. The van der Waals surface area contributed by atoms with Gasteiger partial charge < -0.3 is 14.7 Å². The lowest BCUT2D eigenvalue weighted by Gasteiger charge is -2.29. The Bertz CT molecular complexity index is 1380. The minimum absolute atomic E-state index is 0.0356. The summed E-state index contributed by atoms with van der Waals surface area (Å²) in [5.74, 6) is -1.44. The number of imidazole rings is 1. The lowest BCUT2D eigenvalue weighted by molar-refractivity contribution is -0.140. The van der Waals surface area contributed by atoms with Crippen molar-refractivity contribution in [1.82, 2.24) is 19.2 Å². The van der Waals surface area contributed by atoms with E-state index in [1.165, 1.54) is 0 Å². The van der Waals surface area contributed by atoms with Crippen molar-refractivity contribution in [3.05, 3.63) is 76.7 Å². The number of hydrogen-bond acceptors (Lipinski definition) is 6. The summed E-state index contributed by atoms with van der Waals surface area (Å²) < 4.78 is 7.20. The monoisotopic (exact) mass is 516 g/mol. The molecule has 0 spiro atoms. The van der Waals surface area contributed by atoms with Crippen LogP contribution in [0.5, 0.6) is 0 Å². The number of benzene rings is 1. The molecule has 2 saturated heterocycles. The van der Waals surface area contributed by atoms with E-state index >= 15 is 0 Å². The highest BCUT2D eigenvalue weighted by molar-refractivity contribution is 6.46. The number of ether oxygens (including phenoxy) is 1. The molecule has 1 N–H and O–H groups in total. The molecule has 0 saturated carbocycles. The van der Waals surface area contributed by atoms with Crippen LogP contribution in [-0.4, -0.2) is 75.4 Å². The normalized spacial score (nSPS) is 20.5. The third-order valence-electron chi connectivity index (χ3n) is 7.54. The number of aliphatic hydroxyl groups excluding tert-OH is 1. The summed E-state index contributed by atoms with van der Waals surface area (Å²) in [4.78, 5) is 35.4. The van der Waals surface area contributed by atoms with Crippen LogP contribution >= 0.6 is 0 Å². The quantitative estimate of drug-likeness (QED) is 0.302. The summed E-state index contributed by atoms with van der Waals surface area (Å²) in [5.41, 5.74) is 3.72. The van der Waals surface area contributed by atoms with Gasteiger partial charge in [-0.15, -0.1) is 0 Å². The molecule has 0 bridgehead atoms. The van der Waals surface area contributed by atoms with E-state index in [1.807, 2.05) is 42.5 Å². The molecule has 5 rings (SSSR count). The van der Waals surface area contributed by atoms with Gasteiger partial charge in [0.05, 0.1) is 30.5 Å². The predicted molar refractivity (Wildman–Crippen MR) is 146 cm³/mol. The first-order valence-electron chi connectivity index (χ1n) is 13.3. The van der Waals surface area contributed by atoms with Gasteiger partial charge in [-0.25, -0.2) is 4.98 Å². The highest BCUT2D eigenvalue weighted by Crippen LogP contribution is 2.40. The lowest BCUT2D eigenvalue weighted by Crippen LogP contribution is -2.39. The first-order chi connectivity index (χ1) is 18.2. The van der Waals surface area contributed by atoms with Gasteiger partial charge in [-0.3, -0.25) is 18.9 Å². The summed E-state index contributed by atoms with van der Waals surface area (Å²) in [6.07, 6.45) is 2.52. The molecule has 1 atom stereocenters. The maximum absolute atomic E-state index is 13.5. The number of likely N-dealkylation sites (tertiary alicyclic amines) is 1. The van der Waals surface area contributed by atoms with E-state index in [0.29, 0.717) is 36.8 Å². The van der Waals surface area contributed by atoms with Crippen LogP contribution in [0.25, 0.3) is 11.4 Å². The zero-order valence-corrected chi connectivity index (χ0v) is 22.6. The number of ketones is 1. The summed E-state index contributed by atoms with van der Waals surface area (Å²) in [7, 11) is 0. The Hall–Kier alpha value is -3.49. The van der Waals surface area contributed by atoms with Gasteiger partial charge in [-0.1, -0.05) is 51.1 Å². The Morgan fingerprint density at radius 1 is 1.05 bits per heavy atom. The molecule has 0 aliphatic carbocycles. The van der Waals surface area contributed by atoms with Crippen molar-refractivity contribution in [3.8, 4) is 0 Å². The fraction of sp³-hybridized carbons (Fsp3) is 0.433. The summed E-state index contributed by atoms with van der Waals surface area (Å²) in [6, 6.07) is 12.9. The molecule has 0 unspecified atom stereocenters. The van der Waals surface area contributed by atoms with E-state index < -0.39 is 17.7 Å². The van der Waals surface area contributed by atoms with E-state index in [4.69, 9.17) is 4.74 Å². The number of aliphatic hydroxyl groups is 1. The fourth-order valence-electron chi connectivity index (χ4n) is 5.44. The average Bonchev–Trinajstić information content (AvgIpc) is 3.37. The van der Waals surface area contributed by atoms with Gasteiger partial charge in [0.25, 0.3) is 11.7 Å². The number of nitrogens with zero attached hydrogens (tertiary/aromatic N) is 4. The van der Waals surface area contributed by atoms with Crippen molar-refractivity contribution in [3.63, 3.8) is 0 Å². The molecule has 8 nitrogen and oxygen atoms in total. The SMILES string of the molecule is Cc1nc2ccccn2c1C(O)=C1C(=O)C(=O)N(CCCN2CCOCC2)[C@H]1c1ccc(C(C)(C)C)cc1. The molecular weight excluding hydrogens is 480 g/mol. The molecule has 2 aliphatic rings. The first-order valence-corrected chi connectivity index (χ1v) is 13.3. The maximum Gasteiger partial charge on any atom is 0.295 e. The number of carbonyl (C=O) groups excluding carboxylic acids is 2. The van der Waals surface area contributed by atoms with Crippen LogP contribution in [0.4, 0.5) is 0 Å². The largest absolute Gasteiger partial charge is 0.505 e. The fourth-order valence-corrected chi connectivity index (χ4v) is 5.44. The second-order valence-electron chi connectivity index (χ2n) is 11.1. The molecule has 2 aliphatic heterocycles. The van der Waals surface area contributed by atoms with Gasteiger partial charge in [0.15, 0.2) is 5.76 Å². The number of Topliss-reactive ketones (excluding diaryl/α,β-unsaturated/α-hetero) is 1. The highest BCUT2D eigenvalue weighted by Gasteiger charge is 2.46. The molecule has 4 heterocycles. The maximum atomic E-state index is 13.5. The number of aromatic nitrogens is 2. The molecule has 2 fully saturated rings. The molecule has 0 radical (unpaired) electrons. The van der Waals surface area contributed by atoms with Crippen LogP contribution in [-0.2, 0) is 19.7 Å². The zero-order chi connectivity index (χ0) is 27.0. The number of aryl methyl sites for hydroxylation is 1. The van der Waals surface area contributed by atoms with E-state index in [-0.39, 0.29) is 16.7 Å². The smallest absolute Gasteiger partial charge is 0.295 e. The van der Waals surface area contributed by atoms with Gasteiger partial charge in [0, 0.05) is 32.4 Å². The van der Waals surface area contributed by atoms with Crippen LogP contribution in [0.3, 0.4) is 0 Å². The van der Waals surface area contributed by atoms with E-state index in [1.54, 1.807) is 22.4 Å². The Balaban J connectivity index is 1.56. The van der Waals surface area contributed by atoms with Crippen molar-refractivity contribution in [2.45, 2.75) is 45.6 Å². The molecule has 1 amide bonds. The predicted octanol–water partition coefficient (Wildman–Crippen LogP) is 4.08.